The maximum Gasteiger partial charge on any atom is 0.123 e. The summed E-state index contributed by atoms with van der Waals surface area (Å²) in [4.78, 5) is 0. The van der Waals surface area contributed by atoms with Crippen molar-refractivity contribution in [2.45, 2.75) is 64.8 Å². The number of ether oxygens (including phenoxy) is 1. The van der Waals surface area contributed by atoms with E-state index in [0.29, 0.717) is 0 Å². The molecule has 0 amide bonds. The molecule has 2 rings (SSSR count). The summed E-state index contributed by atoms with van der Waals surface area (Å²) in [7, 11) is 0. The van der Waals surface area contributed by atoms with Crippen molar-refractivity contribution >= 4 is 0 Å². The van der Waals surface area contributed by atoms with Gasteiger partial charge in [0.25, 0.3) is 0 Å². The van der Waals surface area contributed by atoms with E-state index in [0.717, 1.165) is 31.9 Å². The van der Waals surface area contributed by atoms with Crippen molar-refractivity contribution in [3.05, 3.63) is 41.5 Å². The Morgan fingerprint density at radius 3 is 2.86 bits per heavy atom. The number of rotatable bonds is 10. The molecule has 1 aromatic carbocycles. The summed E-state index contributed by atoms with van der Waals surface area (Å²) < 4.78 is 5.93. The first-order valence-electron chi connectivity index (χ1n) is 8.99. The maximum atomic E-state index is 5.93. The Labute approximate surface area is 136 Å². The highest BCUT2D eigenvalue weighted by atomic mass is 16.5. The minimum atomic E-state index is 0.831. The van der Waals surface area contributed by atoms with Gasteiger partial charge in [-0.15, -0.1) is 0 Å². The lowest BCUT2D eigenvalue weighted by molar-refractivity contribution is 0.302. The van der Waals surface area contributed by atoms with E-state index in [2.05, 4.69) is 42.6 Å². The molecule has 0 radical (unpaired) electrons. The number of hydrogen-bond acceptors (Lipinski definition) is 2. The molecule has 0 aliphatic heterocycles. The van der Waals surface area contributed by atoms with Crippen LogP contribution in [0.3, 0.4) is 0 Å². The molecule has 1 N–H and O–H groups in total. The van der Waals surface area contributed by atoms with E-state index >= 15 is 0 Å². The molecule has 0 spiro atoms. The van der Waals surface area contributed by atoms with Crippen molar-refractivity contribution in [1.82, 2.24) is 5.32 Å². The van der Waals surface area contributed by atoms with Crippen molar-refractivity contribution < 1.29 is 4.74 Å². The lowest BCUT2D eigenvalue weighted by Gasteiger charge is -2.14. The molecule has 0 atom stereocenters. The quantitative estimate of drug-likeness (QED) is 0.471. The molecule has 1 aromatic rings. The molecular weight excluding hydrogens is 270 g/mol. The third-order valence-corrected chi connectivity index (χ3v) is 4.30. The van der Waals surface area contributed by atoms with Gasteiger partial charge in [-0.05, 0) is 51.1 Å². The third kappa shape index (κ3) is 6.23. The molecule has 0 bridgehead atoms. The van der Waals surface area contributed by atoms with Crippen LogP contribution in [0.25, 0.3) is 0 Å². The number of nitrogens with one attached hydrogen (secondary N) is 1. The first-order valence-corrected chi connectivity index (χ1v) is 8.99. The van der Waals surface area contributed by atoms with E-state index in [1.165, 1.54) is 50.5 Å². The van der Waals surface area contributed by atoms with E-state index in [-0.39, 0.29) is 0 Å². The van der Waals surface area contributed by atoms with E-state index < -0.39 is 0 Å². The van der Waals surface area contributed by atoms with Crippen molar-refractivity contribution in [3.8, 4) is 5.75 Å². The molecule has 0 heterocycles. The zero-order chi connectivity index (χ0) is 15.5. The number of hydrogen-bond donors (Lipinski definition) is 1. The Bertz CT molecular complexity index is 453. The van der Waals surface area contributed by atoms with Crippen LogP contribution in [0.1, 0.15) is 63.9 Å². The van der Waals surface area contributed by atoms with Gasteiger partial charge in [-0.2, -0.15) is 0 Å². The van der Waals surface area contributed by atoms with Crippen molar-refractivity contribution in [2.75, 3.05) is 13.2 Å². The van der Waals surface area contributed by atoms with Crippen LogP contribution in [0.2, 0.25) is 0 Å². The van der Waals surface area contributed by atoms with Gasteiger partial charge in [-0.3, -0.25) is 0 Å². The number of benzene rings is 1. The Morgan fingerprint density at radius 2 is 2.05 bits per heavy atom. The van der Waals surface area contributed by atoms with Crippen LogP contribution < -0.4 is 10.1 Å². The lowest BCUT2D eigenvalue weighted by atomic mass is 9.97. The summed E-state index contributed by atoms with van der Waals surface area (Å²) in [5, 5.41) is 3.57. The third-order valence-electron chi connectivity index (χ3n) is 4.30. The van der Waals surface area contributed by atoms with Gasteiger partial charge in [0.15, 0.2) is 0 Å². The highest BCUT2D eigenvalue weighted by Crippen LogP contribution is 2.20. The molecular formula is C20H31NO. The fourth-order valence-corrected chi connectivity index (χ4v) is 2.93. The average Bonchev–Trinajstić information content (AvgIpc) is 2.57. The molecule has 0 unspecified atom stereocenters. The van der Waals surface area contributed by atoms with Crippen LogP contribution in [0.5, 0.6) is 5.75 Å². The molecule has 2 nitrogen and oxygen atoms in total. The molecule has 22 heavy (non-hydrogen) atoms. The van der Waals surface area contributed by atoms with Gasteiger partial charge in [0.1, 0.15) is 5.75 Å². The van der Waals surface area contributed by atoms with E-state index in [1.807, 2.05) is 0 Å². The summed E-state index contributed by atoms with van der Waals surface area (Å²) in [6, 6.07) is 8.42. The van der Waals surface area contributed by atoms with Gasteiger partial charge in [0.05, 0.1) is 6.61 Å². The van der Waals surface area contributed by atoms with Crippen molar-refractivity contribution in [1.29, 1.82) is 0 Å². The van der Waals surface area contributed by atoms with Crippen LogP contribution >= 0.6 is 0 Å². The van der Waals surface area contributed by atoms with Crippen LogP contribution in [-0.2, 0) is 6.54 Å². The second-order valence-electron chi connectivity index (χ2n) is 6.20. The molecule has 0 saturated carbocycles. The second kappa shape index (κ2) is 10.4. The van der Waals surface area contributed by atoms with Gasteiger partial charge in [-0.1, -0.05) is 49.6 Å². The fraction of sp³-hybridized carbons (Fsp3) is 0.600. The zero-order valence-electron chi connectivity index (χ0n) is 14.1. The summed E-state index contributed by atoms with van der Waals surface area (Å²) in [6.07, 6.45) is 12.6. The SMILES string of the molecule is CCCCCOc1ccccc1CNCCC1=CCCCC1. The standard InChI is InChI=1S/C20H31NO/c1-2-3-9-16-22-20-13-8-7-12-19(20)17-21-15-14-18-10-5-4-6-11-18/h7-8,10,12-13,21H,2-6,9,11,14-17H2,1H3. The van der Waals surface area contributed by atoms with Crippen LogP contribution in [0.15, 0.2) is 35.9 Å². The van der Waals surface area contributed by atoms with Gasteiger partial charge in [0.2, 0.25) is 0 Å². The summed E-state index contributed by atoms with van der Waals surface area (Å²) >= 11 is 0. The average molecular weight is 301 g/mol. The van der Waals surface area contributed by atoms with Gasteiger partial charge in [-0.25, -0.2) is 0 Å². The normalized spacial score (nSPS) is 14.7. The fourth-order valence-electron chi connectivity index (χ4n) is 2.93. The monoisotopic (exact) mass is 301 g/mol. The Morgan fingerprint density at radius 1 is 1.14 bits per heavy atom. The van der Waals surface area contributed by atoms with Crippen LogP contribution in [-0.4, -0.2) is 13.2 Å². The molecule has 1 aliphatic rings. The number of unbranched alkanes of at least 4 members (excludes halogenated alkanes) is 2. The van der Waals surface area contributed by atoms with Crippen LogP contribution in [0.4, 0.5) is 0 Å². The van der Waals surface area contributed by atoms with E-state index in [1.54, 1.807) is 5.57 Å². The molecule has 2 heteroatoms. The lowest BCUT2D eigenvalue weighted by Crippen LogP contribution is -2.16. The summed E-state index contributed by atoms with van der Waals surface area (Å²) in [6.45, 7) is 5.02. The smallest absolute Gasteiger partial charge is 0.123 e. The molecule has 0 saturated heterocycles. The molecule has 0 fully saturated rings. The maximum absolute atomic E-state index is 5.93. The summed E-state index contributed by atoms with van der Waals surface area (Å²) in [5.41, 5.74) is 2.92. The van der Waals surface area contributed by atoms with Crippen LogP contribution in [0, 0.1) is 0 Å². The topological polar surface area (TPSA) is 21.3 Å². The Hall–Kier alpha value is -1.28. The zero-order valence-corrected chi connectivity index (χ0v) is 14.1. The van der Waals surface area contributed by atoms with E-state index in [9.17, 15) is 0 Å². The predicted octanol–water partition coefficient (Wildman–Crippen LogP) is 5.24. The highest BCUT2D eigenvalue weighted by Gasteiger charge is 2.05. The molecule has 122 valence electrons. The van der Waals surface area contributed by atoms with Gasteiger partial charge < -0.3 is 10.1 Å². The van der Waals surface area contributed by atoms with Gasteiger partial charge >= 0.3 is 0 Å². The largest absolute Gasteiger partial charge is 0.493 e. The van der Waals surface area contributed by atoms with Crippen molar-refractivity contribution in [2.24, 2.45) is 0 Å². The second-order valence-corrected chi connectivity index (χ2v) is 6.20. The van der Waals surface area contributed by atoms with Crippen molar-refractivity contribution in [3.63, 3.8) is 0 Å². The summed E-state index contributed by atoms with van der Waals surface area (Å²) in [5.74, 6) is 1.04. The first kappa shape index (κ1) is 17.1. The number of allylic oxidation sites excluding steroid dienone is 1. The Kier molecular flexibility index (Phi) is 8.11. The first-order chi connectivity index (χ1) is 10.9. The predicted molar refractivity (Wildman–Crippen MR) is 94.3 cm³/mol. The highest BCUT2D eigenvalue weighted by molar-refractivity contribution is 5.33. The minimum Gasteiger partial charge on any atom is -0.493 e. The molecule has 0 aromatic heterocycles. The van der Waals surface area contributed by atoms with Gasteiger partial charge in [0, 0.05) is 12.1 Å². The number of para-hydroxylation sites is 1. The Balaban J connectivity index is 1.71. The minimum absolute atomic E-state index is 0.831. The molecule has 1 aliphatic carbocycles. The van der Waals surface area contributed by atoms with E-state index in [4.69, 9.17) is 4.74 Å².